The van der Waals surface area contributed by atoms with Crippen molar-refractivity contribution in [3.05, 3.63) is 65.7 Å². The molecule has 0 atom stereocenters. The summed E-state index contributed by atoms with van der Waals surface area (Å²) in [6, 6.07) is 17.9. The molecule has 0 radical (unpaired) electrons. The van der Waals surface area contributed by atoms with Crippen LogP contribution in [0.1, 0.15) is 11.1 Å². The maximum atomic E-state index is 5.61. The average molecular weight is 301 g/mol. The van der Waals surface area contributed by atoms with Crippen LogP contribution in [0.3, 0.4) is 0 Å². The number of benzene rings is 2. The fraction of sp³-hybridized carbons (Fsp3) is 0.235. The van der Waals surface area contributed by atoms with Gasteiger partial charge in [0.2, 0.25) is 0 Å². The van der Waals surface area contributed by atoms with E-state index in [4.69, 9.17) is 27.4 Å². The topological polar surface area (TPSA) is 44.5 Å². The molecule has 0 saturated heterocycles. The fourth-order valence-electron chi connectivity index (χ4n) is 1.89. The van der Waals surface area contributed by atoms with Crippen molar-refractivity contribution in [1.29, 1.82) is 0 Å². The van der Waals surface area contributed by atoms with E-state index in [1.807, 2.05) is 54.6 Å². The lowest BCUT2D eigenvalue weighted by molar-refractivity contribution is 0.0889. The SMILES string of the molecule is NC(=S)Cc1ccc(OCCOCc2ccccc2)cc1. The van der Waals surface area contributed by atoms with Crippen molar-refractivity contribution in [1.82, 2.24) is 0 Å². The minimum Gasteiger partial charge on any atom is -0.491 e. The molecule has 2 aromatic carbocycles. The second kappa shape index (κ2) is 8.39. The molecule has 0 aliphatic carbocycles. The number of hydrogen-bond donors (Lipinski definition) is 1. The highest BCUT2D eigenvalue weighted by molar-refractivity contribution is 7.80. The molecule has 0 bridgehead atoms. The standard InChI is InChI=1S/C17H19NO2S/c18-17(21)12-14-6-8-16(9-7-14)20-11-10-19-13-15-4-2-1-3-5-15/h1-9H,10-13H2,(H2,18,21). The van der Waals surface area contributed by atoms with Crippen molar-refractivity contribution in [3.8, 4) is 5.75 Å². The summed E-state index contributed by atoms with van der Waals surface area (Å²) in [5.41, 5.74) is 7.77. The van der Waals surface area contributed by atoms with Gasteiger partial charge in [-0.2, -0.15) is 0 Å². The van der Waals surface area contributed by atoms with Gasteiger partial charge in [0.1, 0.15) is 12.4 Å². The van der Waals surface area contributed by atoms with Gasteiger partial charge in [-0.3, -0.25) is 0 Å². The molecule has 2 aromatic rings. The zero-order valence-corrected chi connectivity index (χ0v) is 12.6. The van der Waals surface area contributed by atoms with Crippen LogP contribution in [0.5, 0.6) is 5.75 Å². The summed E-state index contributed by atoms with van der Waals surface area (Å²) in [7, 11) is 0. The van der Waals surface area contributed by atoms with Crippen molar-refractivity contribution >= 4 is 17.2 Å². The number of hydrogen-bond acceptors (Lipinski definition) is 3. The monoisotopic (exact) mass is 301 g/mol. The van der Waals surface area contributed by atoms with Crippen LogP contribution in [0, 0.1) is 0 Å². The minimum absolute atomic E-state index is 0.498. The molecular formula is C17H19NO2S. The van der Waals surface area contributed by atoms with Crippen LogP contribution in [0.2, 0.25) is 0 Å². The van der Waals surface area contributed by atoms with Crippen molar-refractivity contribution in [2.75, 3.05) is 13.2 Å². The fourth-order valence-corrected chi connectivity index (χ4v) is 2.05. The Kier molecular flexibility index (Phi) is 6.19. The molecule has 110 valence electrons. The van der Waals surface area contributed by atoms with Gasteiger partial charge in [-0.1, -0.05) is 54.7 Å². The Bertz CT molecular complexity index is 555. The van der Waals surface area contributed by atoms with Crippen LogP contribution in [-0.4, -0.2) is 18.2 Å². The Morgan fingerprint density at radius 1 is 0.905 bits per heavy atom. The first-order valence-corrected chi connectivity index (χ1v) is 7.26. The summed E-state index contributed by atoms with van der Waals surface area (Å²) in [4.78, 5) is 0.498. The van der Waals surface area contributed by atoms with Gasteiger partial charge in [0.05, 0.1) is 18.2 Å². The summed E-state index contributed by atoms with van der Waals surface area (Å²) in [6.07, 6.45) is 0.621. The Labute approximate surface area is 130 Å². The maximum Gasteiger partial charge on any atom is 0.119 e. The van der Waals surface area contributed by atoms with Gasteiger partial charge in [0.15, 0.2) is 0 Å². The molecule has 0 heterocycles. The molecule has 0 saturated carbocycles. The van der Waals surface area contributed by atoms with Crippen LogP contribution in [0.4, 0.5) is 0 Å². The van der Waals surface area contributed by atoms with Crippen LogP contribution in [0.15, 0.2) is 54.6 Å². The van der Waals surface area contributed by atoms with E-state index < -0.39 is 0 Å². The van der Waals surface area contributed by atoms with Gasteiger partial charge in [0, 0.05) is 6.42 Å². The predicted molar refractivity (Wildman–Crippen MR) is 88.5 cm³/mol. The van der Waals surface area contributed by atoms with Crippen molar-refractivity contribution in [2.45, 2.75) is 13.0 Å². The van der Waals surface area contributed by atoms with E-state index >= 15 is 0 Å². The van der Waals surface area contributed by atoms with Gasteiger partial charge in [-0.25, -0.2) is 0 Å². The molecule has 2 N–H and O–H groups in total. The van der Waals surface area contributed by atoms with Gasteiger partial charge in [-0.15, -0.1) is 0 Å². The lowest BCUT2D eigenvalue weighted by Gasteiger charge is -2.08. The van der Waals surface area contributed by atoms with Gasteiger partial charge < -0.3 is 15.2 Å². The molecule has 0 aromatic heterocycles. The lowest BCUT2D eigenvalue weighted by atomic mass is 10.1. The summed E-state index contributed by atoms with van der Waals surface area (Å²) in [5.74, 6) is 0.824. The van der Waals surface area contributed by atoms with Crippen LogP contribution >= 0.6 is 12.2 Å². The molecule has 0 amide bonds. The zero-order valence-electron chi connectivity index (χ0n) is 11.8. The number of nitrogens with two attached hydrogens (primary N) is 1. The van der Waals surface area contributed by atoms with E-state index in [2.05, 4.69) is 0 Å². The third kappa shape index (κ3) is 5.94. The van der Waals surface area contributed by atoms with E-state index in [0.717, 1.165) is 11.3 Å². The minimum atomic E-state index is 0.498. The third-order valence-corrected chi connectivity index (χ3v) is 3.05. The second-order valence-electron chi connectivity index (χ2n) is 4.67. The molecule has 4 heteroatoms. The molecule has 0 aliphatic rings. The Balaban J connectivity index is 1.65. The van der Waals surface area contributed by atoms with E-state index in [-0.39, 0.29) is 0 Å². The summed E-state index contributed by atoms with van der Waals surface area (Å²) in [5, 5.41) is 0. The first kappa shape index (κ1) is 15.5. The first-order valence-electron chi connectivity index (χ1n) is 6.86. The summed E-state index contributed by atoms with van der Waals surface area (Å²) >= 11 is 4.88. The maximum absolute atomic E-state index is 5.61. The van der Waals surface area contributed by atoms with Crippen molar-refractivity contribution in [3.63, 3.8) is 0 Å². The highest BCUT2D eigenvalue weighted by Crippen LogP contribution is 2.12. The number of ether oxygens (including phenoxy) is 2. The van der Waals surface area contributed by atoms with Crippen molar-refractivity contribution in [2.24, 2.45) is 5.73 Å². The number of thiocarbonyl (C=S) groups is 1. The van der Waals surface area contributed by atoms with Gasteiger partial charge >= 0.3 is 0 Å². The Morgan fingerprint density at radius 2 is 1.62 bits per heavy atom. The summed E-state index contributed by atoms with van der Waals surface area (Å²) < 4.78 is 11.2. The van der Waals surface area contributed by atoms with Gasteiger partial charge in [0.25, 0.3) is 0 Å². The number of rotatable bonds is 8. The highest BCUT2D eigenvalue weighted by Gasteiger charge is 1.98. The Morgan fingerprint density at radius 3 is 2.29 bits per heavy atom. The zero-order chi connectivity index (χ0) is 14.9. The molecular weight excluding hydrogens is 282 g/mol. The molecule has 0 aliphatic heterocycles. The first-order chi connectivity index (χ1) is 10.2. The van der Waals surface area contributed by atoms with Crippen molar-refractivity contribution < 1.29 is 9.47 Å². The Hall–Kier alpha value is -1.91. The van der Waals surface area contributed by atoms with E-state index in [1.54, 1.807) is 0 Å². The molecule has 0 fully saturated rings. The predicted octanol–water partition coefficient (Wildman–Crippen LogP) is 3.11. The molecule has 21 heavy (non-hydrogen) atoms. The normalized spacial score (nSPS) is 10.3. The second-order valence-corrected chi connectivity index (χ2v) is 5.20. The third-order valence-electron chi connectivity index (χ3n) is 2.91. The smallest absolute Gasteiger partial charge is 0.119 e. The van der Waals surface area contributed by atoms with E-state index in [9.17, 15) is 0 Å². The summed E-state index contributed by atoms with van der Waals surface area (Å²) in [6.45, 7) is 1.70. The lowest BCUT2D eigenvalue weighted by Crippen LogP contribution is -2.11. The largest absolute Gasteiger partial charge is 0.491 e. The van der Waals surface area contributed by atoms with Crippen LogP contribution in [-0.2, 0) is 17.8 Å². The van der Waals surface area contributed by atoms with Crippen LogP contribution < -0.4 is 10.5 Å². The quantitative estimate of drug-likeness (QED) is 0.601. The van der Waals surface area contributed by atoms with Crippen LogP contribution in [0.25, 0.3) is 0 Å². The molecule has 3 nitrogen and oxygen atoms in total. The van der Waals surface area contributed by atoms with Gasteiger partial charge in [-0.05, 0) is 23.3 Å². The molecule has 0 unspecified atom stereocenters. The highest BCUT2D eigenvalue weighted by atomic mass is 32.1. The molecule has 2 rings (SSSR count). The van der Waals surface area contributed by atoms with E-state index in [0.29, 0.717) is 31.2 Å². The van der Waals surface area contributed by atoms with E-state index in [1.165, 1.54) is 5.56 Å². The average Bonchev–Trinajstić information content (AvgIpc) is 2.49. The molecule has 0 spiro atoms.